The van der Waals surface area contributed by atoms with Gasteiger partial charge in [0, 0.05) is 19.2 Å². The number of amides is 4. The van der Waals surface area contributed by atoms with Gasteiger partial charge in [-0.15, -0.1) is 0 Å². The number of benzene rings is 1. The van der Waals surface area contributed by atoms with E-state index in [9.17, 15) is 45.5 Å². The Bertz CT molecular complexity index is 1030. The normalized spacial score (nSPS) is 16.0. The topological polar surface area (TPSA) is 166 Å². The molecule has 6 N–H and O–H groups in total. The number of primary amides is 1. The number of nitrogens with one attached hydrogen (secondary N) is 2. The van der Waals surface area contributed by atoms with Gasteiger partial charge < -0.3 is 36.5 Å². The number of fused-ring (bicyclic) bond motifs is 1. The summed E-state index contributed by atoms with van der Waals surface area (Å²) in [7, 11) is 0. The molecule has 1 unspecified atom stereocenters. The standard InChI is InChI=1S/C15H20FN3O4.C7H9F5N2O2/c1-10-8-14(20)19(6-7-22-15(21)18-5-4-17)12-9-11(16)2-3-13(12)23-10;1-3(4(13)15)5(16)14-2-6(8,9)7(10,11)12/h2-3,9-10H,4-8,17H2,1H3,(H,18,21);3H,2H2,1H3,(H2,13,15)(H,14,16)/t10-;/m1./s1. The number of carbonyl (C=O) groups excluding carboxylic acids is 4. The number of carbonyl (C=O) groups is 4. The molecule has 1 aromatic carbocycles. The summed E-state index contributed by atoms with van der Waals surface area (Å²) in [4.78, 5) is 46.3. The monoisotopic (exact) mass is 573 g/mol. The van der Waals surface area contributed by atoms with E-state index >= 15 is 0 Å². The number of alkyl halides is 5. The minimum Gasteiger partial charge on any atom is -0.488 e. The van der Waals surface area contributed by atoms with Gasteiger partial charge in [-0.3, -0.25) is 14.4 Å². The summed E-state index contributed by atoms with van der Waals surface area (Å²) < 4.78 is 83.7. The summed E-state index contributed by atoms with van der Waals surface area (Å²) in [5.74, 6) is -9.17. The summed E-state index contributed by atoms with van der Waals surface area (Å²) in [6.07, 6.45) is -6.52. The first-order valence-electron chi connectivity index (χ1n) is 11.4. The highest BCUT2D eigenvalue weighted by Gasteiger charge is 2.57. The van der Waals surface area contributed by atoms with Gasteiger partial charge in [0.15, 0.2) is 0 Å². The van der Waals surface area contributed by atoms with Crippen LogP contribution in [0.2, 0.25) is 0 Å². The lowest BCUT2D eigenvalue weighted by atomic mass is 10.1. The third-order valence-electron chi connectivity index (χ3n) is 4.98. The zero-order chi connectivity index (χ0) is 30.0. The molecule has 0 saturated carbocycles. The van der Waals surface area contributed by atoms with E-state index in [1.165, 1.54) is 28.4 Å². The van der Waals surface area contributed by atoms with E-state index in [2.05, 4.69) is 11.1 Å². The number of hydrogen-bond donors (Lipinski definition) is 4. The molecule has 0 aliphatic carbocycles. The van der Waals surface area contributed by atoms with Crippen molar-refractivity contribution in [2.75, 3.05) is 37.7 Å². The molecule has 17 heteroatoms. The molecule has 1 aromatic rings. The molecule has 0 fully saturated rings. The highest BCUT2D eigenvalue weighted by Crippen LogP contribution is 2.35. The van der Waals surface area contributed by atoms with E-state index in [4.69, 9.17) is 15.2 Å². The highest BCUT2D eigenvalue weighted by molar-refractivity contribution is 5.99. The minimum atomic E-state index is -5.75. The Balaban J connectivity index is 0.000000420. The van der Waals surface area contributed by atoms with Gasteiger partial charge in [-0.2, -0.15) is 22.0 Å². The molecule has 2 atom stereocenters. The third kappa shape index (κ3) is 10.5. The fourth-order valence-corrected chi connectivity index (χ4v) is 2.83. The average Bonchev–Trinajstić information content (AvgIpc) is 2.95. The maximum Gasteiger partial charge on any atom is 0.455 e. The first-order chi connectivity index (χ1) is 18.0. The molecular weight excluding hydrogens is 544 g/mol. The van der Waals surface area contributed by atoms with Crippen LogP contribution in [0.5, 0.6) is 5.75 Å². The number of hydrogen-bond acceptors (Lipinski definition) is 7. The Labute approximate surface area is 219 Å². The van der Waals surface area contributed by atoms with Gasteiger partial charge in [0.2, 0.25) is 17.7 Å². The summed E-state index contributed by atoms with van der Waals surface area (Å²) in [6.45, 7) is 1.54. The lowest BCUT2D eigenvalue weighted by Gasteiger charge is -2.21. The number of nitrogens with two attached hydrogens (primary N) is 2. The molecule has 0 aromatic heterocycles. The fourth-order valence-electron chi connectivity index (χ4n) is 2.83. The lowest BCUT2D eigenvalue weighted by Crippen LogP contribution is -2.49. The van der Waals surface area contributed by atoms with Crippen molar-refractivity contribution >= 4 is 29.5 Å². The Kier molecular flexibility index (Phi) is 12.3. The maximum atomic E-state index is 13.5. The molecule has 0 radical (unpaired) electrons. The Hall–Kier alpha value is -3.76. The van der Waals surface area contributed by atoms with Crippen LogP contribution in [0, 0.1) is 11.7 Å². The van der Waals surface area contributed by atoms with Crippen molar-refractivity contribution in [3.05, 3.63) is 24.0 Å². The van der Waals surface area contributed by atoms with Gasteiger partial charge in [-0.05, 0) is 26.0 Å². The van der Waals surface area contributed by atoms with Crippen LogP contribution in [0.1, 0.15) is 20.3 Å². The second-order valence-electron chi connectivity index (χ2n) is 8.19. The SMILES string of the molecule is CC(C(N)=O)C(=O)NCC(F)(F)C(F)(F)F.C[C@@H]1CC(=O)N(CCOC(=O)NCCN)c2cc(F)ccc2O1. The predicted molar refractivity (Wildman–Crippen MR) is 124 cm³/mol. The molecule has 1 heterocycles. The molecule has 0 spiro atoms. The van der Waals surface area contributed by atoms with E-state index in [-0.39, 0.29) is 31.6 Å². The van der Waals surface area contributed by atoms with Gasteiger partial charge in [0.25, 0.3) is 0 Å². The number of ether oxygens (including phenoxy) is 2. The molecular formula is C22H29F6N5O6. The second-order valence-corrected chi connectivity index (χ2v) is 8.19. The van der Waals surface area contributed by atoms with Crippen LogP contribution in [0.3, 0.4) is 0 Å². The molecule has 11 nitrogen and oxygen atoms in total. The van der Waals surface area contributed by atoms with E-state index in [0.29, 0.717) is 24.5 Å². The zero-order valence-electron chi connectivity index (χ0n) is 20.9. The van der Waals surface area contributed by atoms with E-state index in [0.717, 1.165) is 6.92 Å². The first-order valence-corrected chi connectivity index (χ1v) is 11.4. The zero-order valence-corrected chi connectivity index (χ0v) is 20.9. The van der Waals surface area contributed by atoms with Crippen molar-refractivity contribution < 1.29 is 55.0 Å². The molecule has 220 valence electrons. The number of halogens is 6. The van der Waals surface area contributed by atoms with Crippen LogP contribution in [-0.2, 0) is 19.1 Å². The number of anilines is 1. The molecule has 0 bridgehead atoms. The van der Waals surface area contributed by atoms with E-state index < -0.39 is 48.3 Å². The summed E-state index contributed by atoms with van der Waals surface area (Å²) in [5.41, 5.74) is 10.3. The van der Waals surface area contributed by atoms with Crippen molar-refractivity contribution in [2.24, 2.45) is 17.4 Å². The molecule has 39 heavy (non-hydrogen) atoms. The van der Waals surface area contributed by atoms with Crippen molar-refractivity contribution in [3.63, 3.8) is 0 Å². The van der Waals surface area contributed by atoms with E-state index in [1.807, 2.05) is 0 Å². The smallest absolute Gasteiger partial charge is 0.455 e. The van der Waals surface area contributed by atoms with Crippen molar-refractivity contribution in [2.45, 2.75) is 38.5 Å². The van der Waals surface area contributed by atoms with Crippen LogP contribution < -0.4 is 31.7 Å². The maximum absolute atomic E-state index is 13.5. The Morgan fingerprint density at radius 3 is 2.41 bits per heavy atom. The van der Waals surface area contributed by atoms with Crippen molar-refractivity contribution in [1.82, 2.24) is 10.6 Å². The highest BCUT2D eigenvalue weighted by atomic mass is 19.4. The third-order valence-corrected chi connectivity index (χ3v) is 4.98. The summed E-state index contributed by atoms with van der Waals surface area (Å²) in [5, 5.41) is 3.76. The fraction of sp³-hybridized carbons (Fsp3) is 0.545. The van der Waals surface area contributed by atoms with Crippen LogP contribution in [0.25, 0.3) is 0 Å². The first kappa shape index (κ1) is 33.3. The lowest BCUT2D eigenvalue weighted by molar-refractivity contribution is -0.278. The largest absolute Gasteiger partial charge is 0.488 e. The molecule has 0 saturated heterocycles. The van der Waals surface area contributed by atoms with E-state index in [1.54, 1.807) is 6.92 Å². The van der Waals surface area contributed by atoms with Crippen molar-refractivity contribution in [1.29, 1.82) is 0 Å². The van der Waals surface area contributed by atoms with Crippen LogP contribution >= 0.6 is 0 Å². The molecule has 2 rings (SSSR count). The molecule has 1 aliphatic rings. The summed E-state index contributed by atoms with van der Waals surface area (Å²) >= 11 is 0. The minimum absolute atomic E-state index is 0.0214. The van der Waals surface area contributed by atoms with Gasteiger partial charge in [-0.1, -0.05) is 0 Å². The van der Waals surface area contributed by atoms with Gasteiger partial charge in [0.05, 0.1) is 25.2 Å². The summed E-state index contributed by atoms with van der Waals surface area (Å²) in [6, 6.07) is 4.00. The van der Waals surface area contributed by atoms with Gasteiger partial charge in [0.1, 0.15) is 30.2 Å². The Morgan fingerprint density at radius 1 is 1.21 bits per heavy atom. The predicted octanol–water partition coefficient (Wildman–Crippen LogP) is 1.44. The van der Waals surface area contributed by atoms with Gasteiger partial charge >= 0.3 is 18.2 Å². The number of alkyl carbamates (subject to hydrolysis) is 1. The second kappa shape index (κ2) is 14.4. The average molecular weight is 573 g/mol. The van der Waals surface area contributed by atoms with Crippen LogP contribution in [0.15, 0.2) is 18.2 Å². The van der Waals surface area contributed by atoms with Crippen LogP contribution in [0.4, 0.5) is 36.8 Å². The number of rotatable bonds is 9. The number of nitrogens with zero attached hydrogens (tertiary/aromatic N) is 1. The van der Waals surface area contributed by atoms with Crippen LogP contribution in [-0.4, -0.2) is 74.8 Å². The van der Waals surface area contributed by atoms with Crippen molar-refractivity contribution in [3.8, 4) is 5.75 Å². The van der Waals surface area contributed by atoms with Gasteiger partial charge in [-0.25, -0.2) is 9.18 Å². The molecule has 4 amide bonds. The Morgan fingerprint density at radius 2 is 1.85 bits per heavy atom. The quantitative estimate of drug-likeness (QED) is 0.256. The molecule has 1 aliphatic heterocycles.